The largest absolute Gasteiger partial charge is 0.481 e. The molecule has 0 atom stereocenters. The Bertz CT molecular complexity index is 446. The molecule has 144 valence electrons. The van der Waals surface area contributed by atoms with Crippen LogP contribution in [0.1, 0.15) is 38.5 Å². The first-order chi connectivity index (χ1) is 11.6. The topological polar surface area (TPSA) is 211 Å². The van der Waals surface area contributed by atoms with E-state index < -0.39 is 29.8 Å². The van der Waals surface area contributed by atoms with Gasteiger partial charge in [0.2, 0.25) is 0 Å². The summed E-state index contributed by atoms with van der Waals surface area (Å²) in [5.41, 5.74) is 8.50. The molecule has 1 saturated heterocycles. The van der Waals surface area contributed by atoms with Gasteiger partial charge in [0.25, 0.3) is 11.8 Å². The lowest BCUT2D eigenvalue weighted by atomic mass is 10.2. The van der Waals surface area contributed by atoms with E-state index in [0.29, 0.717) is 17.9 Å². The van der Waals surface area contributed by atoms with E-state index in [2.05, 4.69) is 16.3 Å². The van der Waals surface area contributed by atoms with E-state index in [9.17, 15) is 19.2 Å². The fraction of sp³-hybridized carbons (Fsp3) is 0.615. The molecule has 0 radical (unpaired) electrons. The molecule has 0 aromatic rings. The lowest BCUT2D eigenvalue weighted by Gasteiger charge is -2.12. The van der Waals surface area contributed by atoms with Gasteiger partial charge in [0.15, 0.2) is 0 Å². The van der Waals surface area contributed by atoms with Crippen LogP contribution in [0.2, 0.25) is 0 Å². The smallest absolute Gasteiger partial charge is 0.333 e. The van der Waals surface area contributed by atoms with Gasteiger partial charge < -0.3 is 31.6 Å². The third kappa shape index (κ3) is 15.9. The Balaban J connectivity index is 0. The van der Waals surface area contributed by atoms with Gasteiger partial charge in [0.05, 0.1) is 13.2 Å². The minimum Gasteiger partial charge on any atom is -0.481 e. The van der Waals surface area contributed by atoms with Gasteiger partial charge in [-0.15, -0.1) is 5.06 Å². The van der Waals surface area contributed by atoms with Crippen molar-refractivity contribution >= 4 is 29.8 Å². The number of hydrogen-bond donors (Lipinski definition) is 5. The third-order valence-corrected chi connectivity index (χ3v) is 2.32. The predicted molar refractivity (Wildman–Crippen MR) is 81.2 cm³/mol. The summed E-state index contributed by atoms with van der Waals surface area (Å²) in [6.07, 6.45) is 0.795. The van der Waals surface area contributed by atoms with E-state index in [-0.39, 0.29) is 38.9 Å². The first-order valence-electron chi connectivity index (χ1n) is 7.20. The molecule has 7 N–H and O–H groups in total. The number of amides is 4. The van der Waals surface area contributed by atoms with Gasteiger partial charge in [0.1, 0.15) is 0 Å². The number of hydrogen-bond acceptors (Lipinski definition) is 8. The second-order valence-electron chi connectivity index (χ2n) is 4.50. The summed E-state index contributed by atoms with van der Waals surface area (Å²) in [5, 5.41) is 24.1. The van der Waals surface area contributed by atoms with Crippen molar-refractivity contribution in [2.75, 3.05) is 13.2 Å². The van der Waals surface area contributed by atoms with Crippen LogP contribution in [0.3, 0.4) is 0 Å². The van der Waals surface area contributed by atoms with Gasteiger partial charge in [-0.2, -0.15) is 0 Å². The van der Waals surface area contributed by atoms with Crippen LogP contribution < -0.4 is 11.5 Å². The molecule has 0 spiro atoms. The SMILES string of the molecule is NC(N)=O.O=C(O)CCCCC(=O)ON1C(=O)CCC1=O.OCCO. The van der Waals surface area contributed by atoms with Crippen LogP contribution in [0.4, 0.5) is 4.79 Å². The van der Waals surface area contributed by atoms with Gasteiger partial charge in [-0.3, -0.25) is 14.4 Å². The fourth-order valence-electron chi connectivity index (χ4n) is 1.35. The van der Waals surface area contributed by atoms with Crippen molar-refractivity contribution in [1.82, 2.24) is 5.06 Å². The summed E-state index contributed by atoms with van der Waals surface area (Å²) < 4.78 is 0. The molecule has 0 aliphatic carbocycles. The molecule has 4 amide bonds. The number of aliphatic hydroxyl groups excluding tert-OH is 2. The van der Waals surface area contributed by atoms with Crippen molar-refractivity contribution < 1.29 is 44.1 Å². The Morgan fingerprint density at radius 2 is 1.36 bits per heavy atom. The molecular weight excluding hydrogens is 342 g/mol. The number of carboxylic acid groups (broad SMARTS) is 1. The van der Waals surface area contributed by atoms with Gasteiger partial charge in [0, 0.05) is 25.7 Å². The Morgan fingerprint density at radius 1 is 0.960 bits per heavy atom. The van der Waals surface area contributed by atoms with Crippen molar-refractivity contribution in [3.05, 3.63) is 0 Å². The second kappa shape index (κ2) is 14.8. The maximum Gasteiger partial charge on any atom is 0.333 e. The average Bonchev–Trinajstić information content (AvgIpc) is 2.83. The molecule has 1 fully saturated rings. The van der Waals surface area contributed by atoms with Crippen LogP contribution >= 0.6 is 0 Å². The normalized spacial score (nSPS) is 12.5. The Labute approximate surface area is 143 Å². The molecule has 12 heteroatoms. The number of carboxylic acids is 1. The number of aliphatic carboxylic acids is 1. The van der Waals surface area contributed by atoms with Crippen LogP contribution in [0.25, 0.3) is 0 Å². The average molecular weight is 365 g/mol. The van der Waals surface area contributed by atoms with Crippen LogP contribution in [0.15, 0.2) is 0 Å². The van der Waals surface area contributed by atoms with Crippen molar-refractivity contribution in [2.24, 2.45) is 11.5 Å². The Kier molecular flexibility index (Phi) is 14.6. The number of nitrogens with zero attached hydrogens (tertiary/aromatic N) is 1. The summed E-state index contributed by atoms with van der Waals surface area (Å²) in [7, 11) is 0. The lowest BCUT2D eigenvalue weighted by Crippen LogP contribution is -2.31. The van der Waals surface area contributed by atoms with E-state index in [4.69, 9.17) is 20.1 Å². The highest BCUT2D eigenvalue weighted by Gasteiger charge is 2.32. The zero-order chi connectivity index (χ0) is 19.8. The molecule has 25 heavy (non-hydrogen) atoms. The molecular formula is C13H23N3O9. The number of aliphatic hydroxyl groups is 2. The van der Waals surface area contributed by atoms with Crippen LogP contribution in [0, 0.1) is 0 Å². The highest BCUT2D eigenvalue weighted by molar-refractivity contribution is 6.01. The number of hydroxylamine groups is 2. The van der Waals surface area contributed by atoms with E-state index in [1.54, 1.807) is 0 Å². The van der Waals surface area contributed by atoms with E-state index in [0.717, 1.165) is 0 Å². The van der Waals surface area contributed by atoms with Gasteiger partial charge in [-0.25, -0.2) is 9.59 Å². The predicted octanol–water partition coefficient (Wildman–Crippen LogP) is -1.77. The van der Waals surface area contributed by atoms with Crippen LogP contribution in [-0.2, 0) is 24.0 Å². The number of nitrogens with two attached hydrogens (primary N) is 2. The number of imide groups is 1. The molecule has 0 unspecified atom stereocenters. The molecule has 0 bridgehead atoms. The van der Waals surface area contributed by atoms with Gasteiger partial charge in [-0.1, -0.05) is 0 Å². The highest BCUT2D eigenvalue weighted by Crippen LogP contribution is 2.13. The van der Waals surface area contributed by atoms with E-state index >= 15 is 0 Å². The minimum absolute atomic E-state index is 0.00958. The molecule has 1 aliphatic heterocycles. The van der Waals surface area contributed by atoms with E-state index in [1.165, 1.54) is 0 Å². The van der Waals surface area contributed by atoms with Crippen molar-refractivity contribution in [1.29, 1.82) is 0 Å². The quantitative estimate of drug-likeness (QED) is 0.255. The molecule has 12 nitrogen and oxygen atoms in total. The highest BCUT2D eigenvalue weighted by atomic mass is 16.7. The summed E-state index contributed by atoms with van der Waals surface area (Å²) in [5.74, 6) is -2.66. The molecule has 1 rings (SSSR count). The summed E-state index contributed by atoms with van der Waals surface area (Å²) in [6.45, 7) is -0.250. The summed E-state index contributed by atoms with van der Waals surface area (Å²) in [4.78, 5) is 57.2. The molecule has 0 aromatic carbocycles. The molecule has 0 saturated carbocycles. The monoisotopic (exact) mass is 365 g/mol. The zero-order valence-corrected chi connectivity index (χ0v) is 13.5. The maximum absolute atomic E-state index is 11.2. The lowest BCUT2D eigenvalue weighted by molar-refractivity contribution is -0.197. The van der Waals surface area contributed by atoms with Crippen molar-refractivity contribution in [3.8, 4) is 0 Å². The summed E-state index contributed by atoms with van der Waals surface area (Å²) in [6, 6.07) is -0.833. The zero-order valence-electron chi connectivity index (χ0n) is 13.5. The van der Waals surface area contributed by atoms with Gasteiger partial charge >= 0.3 is 18.0 Å². The second-order valence-corrected chi connectivity index (χ2v) is 4.50. The third-order valence-electron chi connectivity index (χ3n) is 2.32. The minimum atomic E-state index is -0.928. The first kappa shape index (κ1) is 24.5. The van der Waals surface area contributed by atoms with Crippen molar-refractivity contribution in [2.45, 2.75) is 38.5 Å². The number of carbonyl (C=O) groups is 5. The number of rotatable bonds is 7. The standard InChI is InChI=1S/C10H13NO6.C2H6O2.CH4N2O/c12-7-5-6-8(13)11(7)17-10(16)4-2-1-3-9(14)15;3-1-2-4;2-1(3)4/h1-6H2,(H,14,15);3-4H,1-2H2;(H4,2,3,4). The van der Waals surface area contributed by atoms with E-state index in [1.807, 2.05) is 0 Å². The fourth-order valence-corrected chi connectivity index (χ4v) is 1.35. The summed E-state index contributed by atoms with van der Waals surface area (Å²) >= 11 is 0. The molecule has 1 aliphatic rings. The number of carbonyl (C=O) groups excluding carboxylic acids is 4. The van der Waals surface area contributed by atoms with Crippen LogP contribution in [0.5, 0.6) is 0 Å². The number of unbranched alkanes of at least 4 members (excludes halogenated alkanes) is 1. The maximum atomic E-state index is 11.2. The Morgan fingerprint density at radius 3 is 1.72 bits per heavy atom. The molecule has 1 heterocycles. The van der Waals surface area contributed by atoms with Gasteiger partial charge in [-0.05, 0) is 12.8 Å². The molecule has 0 aromatic heterocycles. The number of primary amides is 2. The first-order valence-corrected chi connectivity index (χ1v) is 7.20. The van der Waals surface area contributed by atoms with Crippen LogP contribution in [-0.4, -0.2) is 63.4 Å². The number of urea groups is 1. The Hall–Kier alpha value is -2.73. The van der Waals surface area contributed by atoms with Crippen molar-refractivity contribution in [3.63, 3.8) is 0 Å².